The Bertz CT molecular complexity index is 3040. The molecule has 0 saturated carbocycles. The summed E-state index contributed by atoms with van der Waals surface area (Å²) in [5.74, 6) is -7.99. The molecule has 0 aliphatic carbocycles. The van der Waals surface area contributed by atoms with Gasteiger partial charge in [-0.05, 0) is 99.1 Å². The van der Waals surface area contributed by atoms with Gasteiger partial charge in [-0.25, -0.2) is 9.78 Å². The molecule has 1 aromatic heterocycles. The van der Waals surface area contributed by atoms with Gasteiger partial charge in [0, 0.05) is 91.4 Å². The number of carbonyl (C=O) groups is 9. The number of piperazine rings is 1. The molecule has 0 bridgehead atoms. The van der Waals surface area contributed by atoms with Gasteiger partial charge in [-0.15, -0.1) is 0 Å². The Morgan fingerprint density at radius 3 is 1.72 bits per heavy atom. The largest absolute Gasteiger partial charge is 0.450 e. The van der Waals surface area contributed by atoms with Crippen LogP contribution in [-0.2, 0) is 60.7 Å². The second-order valence-corrected chi connectivity index (χ2v) is 27.6. The summed E-state index contributed by atoms with van der Waals surface area (Å²) < 4.78 is 6.15. The standard InChI is InChI=1S/C70H105N11O11/c1-18-45(9)56-67(88)77(15)57(43(5)6)62(83)72-51(37-42(3)4)65(86)79(17)60(70(11,12)91)69(90)92-59(46(10)19-2)68(89)78(16)58(44(7)8)63(84)73-52(39-47-25-21-20-22-26-47)64(85)76(14)54(66(87)81-32-24-29-53(81)61(82)74-56)40-48-27-23-28-49(38-48)50-30-31-55(71-41-50)80-35-33-75(13)34-36-80/h20-23,25-28,30-31,38,41-46,51-54,56-60,91H,18-19,24,29,32-37,39-40H2,1-17H3,(H,72,83)(H,73,84)(H,74,82)/t45-,46-,51-,52-,53-,54-,56-,57?,58?,59+,60+/m0/s1. The molecule has 11 atom stereocenters. The monoisotopic (exact) mass is 1280 g/mol. The number of nitrogens with zero attached hydrogens (tertiary/aromatic N) is 8. The van der Waals surface area contributed by atoms with Crippen molar-refractivity contribution in [1.82, 2.24) is 50.3 Å². The van der Waals surface area contributed by atoms with Gasteiger partial charge in [-0.1, -0.05) is 130 Å². The van der Waals surface area contributed by atoms with E-state index in [-0.39, 0.29) is 38.1 Å². The molecule has 506 valence electrons. The Balaban J connectivity index is 1.50. The smallest absolute Gasteiger partial charge is 0.332 e. The van der Waals surface area contributed by atoms with Gasteiger partial charge in [0.1, 0.15) is 48.1 Å². The summed E-state index contributed by atoms with van der Waals surface area (Å²) in [5.41, 5.74) is 1.04. The first-order valence-corrected chi connectivity index (χ1v) is 33.0. The van der Waals surface area contributed by atoms with Gasteiger partial charge < -0.3 is 60.1 Å². The van der Waals surface area contributed by atoms with Gasteiger partial charge in [-0.2, -0.15) is 0 Å². The molecule has 2 aromatic carbocycles. The lowest BCUT2D eigenvalue weighted by Crippen LogP contribution is -2.63. The summed E-state index contributed by atoms with van der Waals surface area (Å²) >= 11 is 0. The summed E-state index contributed by atoms with van der Waals surface area (Å²) in [6.07, 6.45) is 1.72. The number of amides is 8. The molecule has 4 N–H and O–H groups in total. The van der Waals surface area contributed by atoms with Crippen molar-refractivity contribution in [2.24, 2.45) is 29.6 Å². The Kier molecular flexibility index (Phi) is 25.9. The van der Waals surface area contributed by atoms with Crippen LogP contribution in [0.15, 0.2) is 72.9 Å². The zero-order valence-electron chi connectivity index (χ0n) is 57.6. The number of cyclic esters (lactones) is 1. The van der Waals surface area contributed by atoms with Crippen molar-refractivity contribution in [3.05, 3.63) is 84.1 Å². The molecule has 3 aliphatic heterocycles. The van der Waals surface area contributed by atoms with Crippen LogP contribution >= 0.6 is 0 Å². The number of aromatic nitrogens is 1. The minimum absolute atomic E-state index is 0.0225. The van der Waals surface area contributed by atoms with Crippen molar-refractivity contribution < 1.29 is 53.0 Å². The van der Waals surface area contributed by atoms with Crippen molar-refractivity contribution in [2.75, 3.05) is 72.9 Å². The molecule has 22 heteroatoms. The van der Waals surface area contributed by atoms with E-state index in [0.29, 0.717) is 30.4 Å². The lowest BCUT2D eigenvalue weighted by Gasteiger charge is -2.39. The van der Waals surface area contributed by atoms with Crippen molar-refractivity contribution >= 4 is 59.0 Å². The van der Waals surface area contributed by atoms with Crippen LogP contribution in [0.2, 0.25) is 0 Å². The molecule has 0 spiro atoms. The SMILES string of the molecule is CC[C@H](C)[C@@H]1NC(=O)[C@@H]2CCCN2C(=O)[C@H](Cc2cccc(-c3ccc(N4CCN(C)CC4)nc3)c2)N(C)C(=O)[C@H](Cc2ccccc2)NC(=O)C(C(C)C)N(C)C(=O)[C@@H]([C@@H](C)CC)OC(=O)[C@H](C(C)(C)O)N(C)C(=O)[C@H](CC(C)C)NC(=O)C(C(C)C)N(C)C1=O. The second-order valence-electron chi connectivity index (χ2n) is 27.6. The maximum atomic E-state index is 15.8. The van der Waals surface area contributed by atoms with Gasteiger partial charge in [0.15, 0.2) is 12.1 Å². The molecule has 3 aliphatic rings. The van der Waals surface area contributed by atoms with Crippen LogP contribution in [0.1, 0.15) is 126 Å². The molecular weight excluding hydrogens is 1170 g/mol. The molecule has 92 heavy (non-hydrogen) atoms. The van der Waals surface area contributed by atoms with Crippen molar-refractivity contribution in [3.8, 4) is 11.1 Å². The van der Waals surface area contributed by atoms with Crippen LogP contribution in [0.5, 0.6) is 0 Å². The van der Waals surface area contributed by atoms with Crippen molar-refractivity contribution in [3.63, 3.8) is 0 Å². The molecule has 3 saturated heterocycles. The Hall–Kier alpha value is -7.46. The number of rotatable bonds is 15. The third-order valence-electron chi connectivity index (χ3n) is 18.8. The van der Waals surface area contributed by atoms with Crippen molar-refractivity contribution in [1.29, 1.82) is 0 Å². The Labute approximate surface area is 545 Å². The highest BCUT2D eigenvalue weighted by Gasteiger charge is 2.48. The molecule has 3 aromatic rings. The number of hydrogen-bond donors (Lipinski definition) is 4. The number of carbonyl (C=O) groups excluding carboxylic acids is 9. The Morgan fingerprint density at radius 1 is 0.587 bits per heavy atom. The van der Waals surface area contributed by atoms with Gasteiger partial charge >= 0.3 is 5.97 Å². The van der Waals surface area contributed by atoms with E-state index in [4.69, 9.17) is 9.72 Å². The van der Waals surface area contributed by atoms with Gasteiger partial charge in [0.2, 0.25) is 41.4 Å². The molecule has 0 radical (unpaired) electrons. The van der Waals surface area contributed by atoms with Crippen LogP contribution in [0.25, 0.3) is 11.1 Å². The van der Waals surface area contributed by atoms with Gasteiger partial charge in [-0.3, -0.25) is 38.4 Å². The molecular formula is C70H105N11O11. The number of fused-ring (bicyclic) bond motifs is 1. The summed E-state index contributed by atoms with van der Waals surface area (Å²) in [7, 11) is 7.80. The zero-order chi connectivity index (χ0) is 68.2. The molecule has 22 nitrogen and oxygen atoms in total. The van der Waals surface area contributed by atoms with E-state index >= 15 is 28.8 Å². The number of anilines is 1. The molecule has 2 unspecified atom stereocenters. The van der Waals surface area contributed by atoms with Crippen LogP contribution in [0.4, 0.5) is 5.82 Å². The second kappa shape index (κ2) is 32.4. The molecule has 6 rings (SSSR count). The van der Waals surface area contributed by atoms with Crippen molar-refractivity contribution in [2.45, 2.75) is 188 Å². The number of aliphatic hydroxyl groups is 1. The average molecular weight is 1280 g/mol. The highest BCUT2D eigenvalue weighted by molar-refractivity contribution is 5.99. The topological polar surface area (TPSA) is 255 Å². The van der Waals surface area contributed by atoms with Crippen LogP contribution in [0, 0.1) is 29.6 Å². The Morgan fingerprint density at radius 2 is 1.16 bits per heavy atom. The highest BCUT2D eigenvalue weighted by atomic mass is 16.6. The fraction of sp³-hybridized carbons (Fsp3) is 0.629. The quantitative estimate of drug-likeness (QED) is 0.143. The third kappa shape index (κ3) is 18.0. The fourth-order valence-electron chi connectivity index (χ4n) is 13.0. The summed E-state index contributed by atoms with van der Waals surface area (Å²) in [6, 6.07) is 10.4. The number of benzene rings is 2. The van der Waals surface area contributed by atoms with E-state index < -0.39 is 137 Å². The molecule has 4 heterocycles. The van der Waals surface area contributed by atoms with E-state index in [1.54, 1.807) is 53.7 Å². The zero-order valence-corrected chi connectivity index (χ0v) is 57.6. The number of ether oxygens (including phenoxy) is 1. The predicted octanol–water partition coefficient (Wildman–Crippen LogP) is 5.19. The molecule has 8 amide bonds. The lowest BCUT2D eigenvalue weighted by molar-refractivity contribution is -0.177. The van der Waals surface area contributed by atoms with Crippen LogP contribution < -0.4 is 20.9 Å². The first-order chi connectivity index (χ1) is 43.3. The number of esters is 1. The summed E-state index contributed by atoms with van der Waals surface area (Å²) in [5, 5.41) is 20.7. The normalized spacial score (nSPS) is 25.7. The van der Waals surface area contributed by atoms with E-state index in [0.717, 1.165) is 48.0 Å². The van der Waals surface area contributed by atoms with E-state index in [9.17, 15) is 19.5 Å². The minimum Gasteiger partial charge on any atom is -0.450 e. The van der Waals surface area contributed by atoms with E-state index in [1.165, 1.54) is 61.6 Å². The fourth-order valence-corrected chi connectivity index (χ4v) is 13.0. The lowest BCUT2D eigenvalue weighted by atomic mass is 9.93. The predicted molar refractivity (Wildman–Crippen MR) is 354 cm³/mol. The summed E-state index contributed by atoms with van der Waals surface area (Å²) in [4.78, 5) is 152. The van der Waals surface area contributed by atoms with Gasteiger partial charge in [0.05, 0.1) is 5.60 Å². The maximum absolute atomic E-state index is 15.8. The maximum Gasteiger partial charge on any atom is 0.332 e. The first-order valence-electron chi connectivity index (χ1n) is 33.0. The summed E-state index contributed by atoms with van der Waals surface area (Å²) in [6.45, 7) is 24.2. The number of pyridine rings is 1. The number of nitrogens with one attached hydrogen (secondary N) is 3. The van der Waals surface area contributed by atoms with Gasteiger partial charge in [0.25, 0.3) is 5.91 Å². The van der Waals surface area contributed by atoms with Crippen LogP contribution in [-0.4, -0.2) is 221 Å². The number of hydrogen-bond acceptors (Lipinski definition) is 14. The van der Waals surface area contributed by atoms with E-state index in [2.05, 4.69) is 32.8 Å². The highest BCUT2D eigenvalue weighted by Crippen LogP contribution is 2.29. The number of likely N-dealkylation sites (N-methyl/N-ethyl adjacent to an activating group) is 5. The average Bonchev–Trinajstić information content (AvgIpc) is 1.31. The first kappa shape index (κ1) is 73.6. The van der Waals surface area contributed by atoms with Crippen LogP contribution in [0.3, 0.4) is 0 Å². The van der Waals surface area contributed by atoms with E-state index in [1.807, 2.05) is 88.5 Å². The minimum atomic E-state index is -1.99. The molecule has 3 fully saturated rings. The third-order valence-corrected chi connectivity index (χ3v) is 18.8.